The van der Waals surface area contributed by atoms with Gasteiger partial charge in [-0.25, -0.2) is 0 Å². The summed E-state index contributed by atoms with van der Waals surface area (Å²) in [6.45, 7) is 14.4. The molecule has 2 saturated heterocycles. The van der Waals surface area contributed by atoms with Crippen LogP contribution in [0.2, 0.25) is 0 Å². The summed E-state index contributed by atoms with van der Waals surface area (Å²) >= 11 is 3.65. The standard InChI is InChI=1S/C20H35BrO5/c1-8-15-10(3)12(5)17(19(21)24-15)26-20-18(23-14(7)22)13(6)11(4)16(9-2)25-20/h10-13,15-20H,8-9H2,1-7H3. The zero-order valence-electron chi connectivity index (χ0n) is 17.1. The Morgan fingerprint density at radius 1 is 0.885 bits per heavy atom. The number of ether oxygens (including phenoxy) is 4. The second-order valence-corrected chi connectivity index (χ2v) is 8.90. The van der Waals surface area contributed by atoms with Gasteiger partial charge in [-0.2, -0.15) is 0 Å². The van der Waals surface area contributed by atoms with Crippen molar-refractivity contribution in [3.8, 4) is 0 Å². The van der Waals surface area contributed by atoms with Gasteiger partial charge in [0.15, 0.2) is 12.4 Å². The van der Waals surface area contributed by atoms with E-state index in [1.54, 1.807) is 0 Å². The molecular weight excluding hydrogens is 400 g/mol. The maximum absolute atomic E-state index is 11.6. The molecule has 10 atom stereocenters. The van der Waals surface area contributed by atoms with Crippen molar-refractivity contribution in [1.29, 1.82) is 0 Å². The molecule has 0 radical (unpaired) electrons. The summed E-state index contributed by atoms with van der Waals surface area (Å²) in [7, 11) is 0. The topological polar surface area (TPSA) is 54.0 Å². The Morgan fingerprint density at radius 3 is 1.88 bits per heavy atom. The fourth-order valence-electron chi connectivity index (χ4n) is 4.24. The molecule has 6 heteroatoms. The van der Waals surface area contributed by atoms with E-state index in [4.69, 9.17) is 18.9 Å². The van der Waals surface area contributed by atoms with E-state index < -0.39 is 12.4 Å². The molecule has 2 aliphatic rings. The van der Waals surface area contributed by atoms with Crippen molar-refractivity contribution in [3.05, 3.63) is 0 Å². The second-order valence-electron chi connectivity index (χ2n) is 8.00. The molecule has 0 aromatic rings. The Kier molecular flexibility index (Phi) is 7.96. The fraction of sp³-hybridized carbons (Fsp3) is 0.950. The maximum atomic E-state index is 11.6. The van der Waals surface area contributed by atoms with Crippen LogP contribution >= 0.6 is 15.9 Å². The average molecular weight is 435 g/mol. The maximum Gasteiger partial charge on any atom is 0.303 e. The monoisotopic (exact) mass is 434 g/mol. The Morgan fingerprint density at radius 2 is 1.38 bits per heavy atom. The number of esters is 1. The number of hydrogen-bond acceptors (Lipinski definition) is 5. The summed E-state index contributed by atoms with van der Waals surface area (Å²) < 4.78 is 24.4. The largest absolute Gasteiger partial charge is 0.457 e. The molecule has 2 aliphatic heterocycles. The van der Waals surface area contributed by atoms with E-state index in [0.29, 0.717) is 17.8 Å². The van der Waals surface area contributed by atoms with Crippen LogP contribution in [0, 0.1) is 23.7 Å². The molecule has 10 unspecified atom stereocenters. The van der Waals surface area contributed by atoms with Gasteiger partial charge in [0.1, 0.15) is 5.01 Å². The lowest BCUT2D eigenvalue weighted by Crippen LogP contribution is -2.56. The SMILES string of the molecule is CCC1OC(Br)C(OC2OC(CC)C(C)C(C)C2OC(C)=O)C(C)C1C. The summed E-state index contributed by atoms with van der Waals surface area (Å²) in [6.07, 6.45) is 1.05. The zero-order valence-corrected chi connectivity index (χ0v) is 18.7. The van der Waals surface area contributed by atoms with Gasteiger partial charge in [0.05, 0.1) is 18.3 Å². The van der Waals surface area contributed by atoms with Crippen LogP contribution in [0.3, 0.4) is 0 Å². The molecule has 0 spiro atoms. The van der Waals surface area contributed by atoms with E-state index >= 15 is 0 Å². The number of carbonyl (C=O) groups is 1. The second kappa shape index (κ2) is 9.35. The number of alkyl halides is 1. The number of halogens is 1. The molecule has 0 aromatic heterocycles. The lowest BCUT2D eigenvalue weighted by atomic mass is 9.81. The molecule has 2 heterocycles. The molecule has 0 aromatic carbocycles. The highest BCUT2D eigenvalue weighted by atomic mass is 79.9. The number of rotatable bonds is 5. The lowest BCUT2D eigenvalue weighted by Gasteiger charge is -2.48. The van der Waals surface area contributed by atoms with Gasteiger partial charge < -0.3 is 18.9 Å². The van der Waals surface area contributed by atoms with Gasteiger partial charge in [-0.3, -0.25) is 4.79 Å². The third-order valence-electron chi connectivity index (χ3n) is 6.41. The molecule has 152 valence electrons. The molecule has 2 fully saturated rings. The first-order chi connectivity index (χ1) is 12.2. The molecule has 26 heavy (non-hydrogen) atoms. The minimum atomic E-state index is -0.573. The minimum Gasteiger partial charge on any atom is -0.457 e. The van der Waals surface area contributed by atoms with Crippen LogP contribution in [0.4, 0.5) is 0 Å². The number of carbonyl (C=O) groups excluding carboxylic acids is 1. The van der Waals surface area contributed by atoms with E-state index in [0.717, 1.165) is 12.8 Å². The Bertz CT molecular complexity index is 473. The van der Waals surface area contributed by atoms with Crippen LogP contribution in [0.15, 0.2) is 0 Å². The van der Waals surface area contributed by atoms with Gasteiger partial charge in [0.25, 0.3) is 0 Å². The molecule has 2 rings (SSSR count). The summed E-state index contributed by atoms with van der Waals surface area (Å²) in [5.74, 6) is 0.843. The molecule has 0 aliphatic carbocycles. The van der Waals surface area contributed by atoms with E-state index in [1.165, 1.54) is 6.92 Å². The van der Waals surface area contributed by atoms with Crippen molar-refractivity contribution >= 4 is 21.9 Å². The van der Waals surface area contributed by atoms with Crippen LogP contribution in [0.5, 0.6) is 0 Å². The van der Waals surface area contributed by atoms with Crippen LogP contribution < -0.4 is 0 Å². The lowest BCUT2D eigenvalue weighted by molar-refractivity contribution is -0.307. The van der Waals surface area contributed by atoms with E-state index in [9.17, 15) is 4.79 Å². The van der Waals surface area contributed by atoms with Crippen molar-refractivity contribution < 1.29 is 23.7 Å². The highest BCUT2D eigenvalue weighted by Gasteiger charge is 2.48. The van der Waals surface area contributed by atoms with E-state index in [2.05, 4.69) is 57.5 Å². The highest BCUT2D eigenvalue weighted by molar-refractivity contribution is 9.09. The Balaban J connectivity index is 2.18. The van der Waals surface area contributed by atoms with Crippen molar-refractivity contribution in [2.24, 2.45) is 23.7 Å². The Hall–Kier alpha value is -0.170. The summed E-state index contributed by atoms with van der Waals surface area (Å²) in [5.41, 5.74) is 0. The van der Waals surface area contributed by atoms with Crippen LogP contribution in [-0.2, 0) is 23.7 Å². The summed E-state index contributed by atoms with van der Waals surface area (Å²) in [6, 6.07) is 0. The zero-order chi connectivity index (χ0) is 19.6. The van der Waals surface area contributed by atoms with Crippen LogP contribution in [0.25, 0.3) is 0 Å². The number of hydrogen-bond donors (Lipinski definition) is 0. The van der Waals surface area contributed by atoms with Gasteiger partial charge in [-0.05, 0) is 30.6 Å². The van der Waals surface area contributed by atoms with Gasteiger partial charge >= 0.3 is 5.97 Å². The smallest absolute Gasteiger partial charge is 0.303 e. The Labute approximate surface area is 166 Å². The summed E-state index contributed by atoms with van der Waals surface area (Å²) in [4.78, 5) is 11.6. The van der Waals surface area contributed by atoms with Crippen molar-refractivity contribution in [1.82, 2.24) is 0 Å². The predicted molar refractivity (Wildman–Crippen MR) is 104 cm³/mol. The third-order valence-corrected chi connectivity index (χ3v) is 7.14. The molecule has 5 nitrogen and oxygen atoms in total. The average Bonchev–Trinajstić information content (AvgIpc) is 2.60. The highest BCUT2D eigenvalue weighted by Crippen LogP contribution is 2.40. The minimum absolute atomic E-state index is 0.0937. The molecule has 0 amide bonds. The van der Waals surface area contributed by atoms with Crippen molar-refractivity contribution in [2.45, 2.75) is 97.0 Å². The van der Waals surface area contributed by atoms with Crippen molar-refractivity contribution in [3.63, 3.8) is 0 Å². The predicted octanol–water partition coefficient (Wildman–Crippen LogP) is 4.51. The van der Waals surface area contributed by atoms with Gasteiger partial charge in [0, 0.05) is 12.8 Å². The van der Waals surface area contributed by atoms with Gasteiger partial charge in [0.2, 0.25) is 0 Å². The molecular formula is C20H35BrO5. The van der Waals surface area contributed by atoms with E-state index in [1.807, 2.05) is 0 Å². The van der Waals surface area contributed by atoms with Gasteiger partial charge in [-0.15, -0.1) is 0 Å². The van der Waals surface area contributed by atoms with Crippen molar-refractivity contribution in [2.75, 3.05) is 0 Å². The fourth-order valence-corrected chi connectivity index (χ4v) is 5.13. The van der Waals surface area contributed by atoms with Crippen LogP contribution in [-0.4, -0.2) is 41.7 Å². The third kappa shape index (κ3) is 4.62. The normalized spacial score (nSPS) is 46.8. The first kappa shape index (κ1) is 22.1. The molecule has 0 N–H and O–H groups in total. The van der Waals surface area contributed by atoms with E-state index in [-0.39, 0.29) is 35.2 Å². The first-order valence-electron chi connectivity index (χ1n) is 9.98. The molecule has 0 bridgehead atoms. The summed E-state index contributed by atoms with van der Waals surface area (Å²) in [5, 5.41) is -0.199. The first-order valence-corrected chi connectivity index (χ1v) is 10.9. The van der Waals surface area contributed by atoms with Gasteiger partial charge in [-0.1, -0.05) is 57.5 Å². The quantitative estimate of drug-likeness (QED) is 0.470. The van der Waals surface area contributed by atoms with Crippen LogP contribution in [0.1, 0.15) is 61.3 Å². The molecule has 0 saturated carbocycles.